The fourth-order valence-corrected chi connectivity index (χ4v) is 8.80. The SMILES string of the molecule is CCCCCCCCC[C@@H](C[C@@H]1CC[C@H]2[C@@H](C(=O)O)[C@@H](C)N(C(=O)OCc3ccccc3)/C(=N\C(=O)OCc3ccccc3)N12)O[Si](C)(C)C(C)(C)C. The standard InChI is InChI=1S/C42H63N3O7Si/c1-8-9-10-11-12-13-20-25-35(52-53(6,7)42(3,4)5)28-34-26-27-36-37(38(46)47)31(2)44(41(49)51-30-33-23-18-15-19-24-33)39(45(34)36)43-40(48)50-29-32-21-16-14-17-22-32/h14-19,21-24,31,34-37H,8-13,20,25-30H2,1-7H3,(H,46,47)/b43-39+/t31-,34+,35+,36+,37+/m1/s1. The lowest BCUT2D eigenvalue weighted by molar-refractivity contribution is -0.146. The molecule has 0 saturated carbocycles. The maximum absolute atomic E-state index is 14.0. The fourth-order valence-electron chi connectivity index (χ4n) is 7.40. The molecule has 0 aromatic heterocycles. The summed E-state index contributed by atoms with van der Waals surface area (Å²) in [7, 11) is -2.17. The van der Waals surface area contributed by atoms with Crippen molar-refractivity contribution in [2.24, 2.45) is 10.9 Å². The summed E-state index contributed by atoms with van der Waals surface area (Å²) in [5, 5.41) is 10.6. The van der Waals surface area contributed by atoms with Gasteiger partial charge in [-0.15, -0.1) is 4.99 Å². The third kappa shape index (κ3) is 11.6. The van der Waals surface area contributed by atoms with E-state index in [2.05, 4.69) is 45.8 Å². The second kappa shape index (κ2) is 19.6. The molecule has 2 heterocycles. The van der Waals surface area contributed by atoms with Crippen molar-refractivity contribution in [2.75, 3.05) is 0 Å². The minimum atomic E-state index is -2.17. The highest BCUT2D eigenvalue weighted by atomic mass is 28.4. The van der Waals surface area contributed by atoms with Crippen LogP contribution < -0.4 is 0 Å². The molecule has 5 atom stereocenters. The second-order valence-electron chi connectivity index (χ2n) is 16.3. The third-order valence-electron chi connectivity index (χ3n) is 11.3. The maximum Gasteiger partial charge on any atom is 0.437 e. The molecule has 2 aromatic carbocycles. The Morgan fingerprint density at radius 3 is 2.00 bits per heavy atom. The summed E-state index contributed by atoms with van der Waals surface area (Å²) in [6.07, 6.45) is 9.48. The molecular weight excluding hydrogens is 687 g/mol. The maximum atomic E-state index is 14.0. The van der Waals surface area contributed by atoms with Gasteiger partial charge in [0.2, 0.25) is 5.96 Å². The number of carboxylic acid groups (broad SMARTS) is 1. The van der Waals surface area contributed by atoms with Gasteiger partial charge in [-0.05, 0) is 61.9 Å². The largest absolute Gasteiger partial charge is 0.481 e. The zero-order valence-corrected chi connectivity index (χ0v) is 34.1. The molecule has 11 heteroatoms. The number of aliphatic imine (C=N–C) groups is 1. The smallest absolute Gasteiger partial charge is 0.437 e. The Balaban J connectivity index is 1.66. The fraction of sp³-hybridized carbons (Fsp3) is 0.619. The van der Waals surface area contributed by atoms with Crippen LogP contribution in [0.5, 0.6) is 0 Å². The number of carbonyl (C=O) groups is 3. The number of benzene rings is 2. The zero-order chi connectivity index (χ0) is 38.6. The molecule has 0 bridgehead atoms. The summed E-state index contributed by atoms with van der Waals surface area (Å²) in [6, 6.07) is 17.1. The molecule has 4 rings (SSSR count). The topological polar surface area (TPSA) is 118 Å². The summed E-state index contributed by atoms with van der Waals surface area (Å²) >= 11 is 0. The van der Waals surface area contributed by atoms with Gasteiger partial charge < -0.3 is 23.9 Å². The lowest BCUT2D eigenvalue weighted by Gasteiger charge is -2.48. The van der Waals surface area contributed by atoms with Gasteiger partial charge in [0, 0.05) is 18.2 Å². The van der Waals surface area contributed by atoms with Gasteiger partial charge in [-0.1, -0.05) is 133 Å². The average molecular weight is 750 g/mol. The number of unbranched alkanes of at least 4 members (excludes halogenated alkanes) is 6. The molecule has 0 unspecified atom stereocenters. The summed E-state index contributed by atoms with van der Waals surface area (Å²) in [6.45, 7) is 15.2. The Hall–Kier alpha value is -3.70. The highest BCUT2D eigenvalue weighted by Gasteiger charge is 2.55. The summed E-state index contributed by atoms with van der Waals surface area (Å²) in [4.78, 5) is 48.1. The number of carboxylic acids is 1. The Kier molecular flexibility index (Phi) is 15.5. The molecule has 2 aliphatic heterocycles. The van der Waals surface area contributed by atoms with Gasteiger partial charge in [0.15, 0.2) is 8.32 Å². The number of fused-ring (bicyclic) bond motifs is 1. The van der Waals surface area contributed by atoms with Crippen LogP contribution in [0.15, 0.2) is 65.7 Å². The molecule has 2 fully saturated rings. The van der Waals surface area contributed by atoms with Crippen LogP contribution in [-0.4, -0.2) is 71.6 Å². The second-order valence-corrected chi connectivity index (χ2v) is 21.1. The number of guanidine groups is 1. The zero-order valence-electron chi connectivity index (χ0n) is 33.1. The number of ether oxygens (including phenoxy) is 2. The van der Waals surface area contributed by atoms with Crippen LogP contribution in [0.25, 0.3) is 0 Å². The van der Waals surface area contributed by atoms with Crippen LogP contribution in [0, 0.1) is 5.92 Å². The van der Waals surface area contributed by atoms with E-state index < -0.39 is 44.5 Å². The molecule has 0 radical (unpaired) electrons. The summed E-state index contributed by atoms with van der Waals surface area (Å²) in [5.74, 6) is -1.84. The molecule has 2 aromatic rings. The first-order valence-corrected chi connectivity index (χ1v) is 22.6. The molecule has 1 N–H and O–H groups in total. The third-order valence-corrected chi connectivity index (χ3v) is 15.9. The first kappa shape index (κ1) is 42.0. The van der Waals surface area contributed by atoms with Gasteiger partial charge in [0.1, 0.15) is 13.2 Å². The normalized spacial score (nSPS) is 21.7. The quantitative estimate of drug-likeness (QED) is 0.125. The Morgan fingerprint density at radius 1 is 0.868 bits per heavy atom. The molecule has 2 amide bonds. The molecule has 2 saturated heterocycles. The van der Waals surface area contributed by atoms with Crippen molar-refractivity contribution in [2.45, 2.75) is 161 Å². The minimum Gasteiger partial charge on any atom is -0.481 e. The predicted octanol–water partition coefficient (Wildman–Crippen LogP) is 10.2. The van der Waals surface area contributed by atoms with Gasteiger partial charge in [-0.2, -0.15) is 0 Å². The van der Waals surface area contributed by atoms with Crippen LogP contribution in [0.2, 0.25) is 18.1 Å². The van der Waals surface area contributed by atoms with Crippen molar-refractivity contribution in [1.29, 1.82) is 0 Å². The molecule has 53 heavy (non-hydrogen) atoms. The van der Waals surface area contributed by atoms with E-state index in [1.807, 2.05) is 65.6 Å². The van der Waals surface area contributed by atoms with Gasteiger partial charge in [-0.3, -0.25) is 4.79 Å². The van der Waals surface area contributed by atoms with E-state index in [4.69, 9.17) is 13.9 Å². The van der Waals surface area contributed by atoms with Crippen molar-refractivity contribution in [3.63, 3.8) is 0 Å². The molecule has 292 valence electrons. The molecule has 0 aliphatic carbocycles. The summed E-state index contributed by atoms with van der Waals surface area (Å²) in [5.41, 5.74) is 1.59. The first-order valence-electron chi connectivity index (χ1n) is 19.7. The van der Waals surface area contributed by atoms with Crippen LogP contribution in [-0.2, 0) is 31.9 Å². The summed E-state index contributed by atoms with van der Waals surface area (Å²) < 4.78 is 18.5. The van der Waals surface area contributed by atoms with E-state index in [0.29, 0.717) is 19.3 Å². The Labute approximate surface area is 318 Å². The Morgan fingerprint density at radius 2 is 1.43 bits per heavy atom. The van der Waals surface area contributed by atoms with Crippen molar-refractivity contribution < 1.29 is 33.4 Å². The van der Waals surface area contributed by atoms with Crippen LogP contribution in [0.4, 0.5) is 9.59 Å². The van der Waals surface area contributed by atoms with Crippen molar-refractivity contribution >= 4 is 32.4 Å². The van der Waals surface area contributed by atoms with E-state index in [9.17, 15) is 19.5 Å². The van der Waals surface area contributed by atoms with E-state index in [1.165, 1.54) is 37.0 Å². The minimum absolute atomic E-state index is 0.00696. The van der Waals surface area contributed by atoms with Gasteiger partial charge >= 0.3 is 18.2 Å². The van der Waals surface area contributed by atoms with Crippen molar-refractivity contribution in [1.82, 2.24) is 9.80 Å². The van der Waals surface area contributed by atoms with E-state index >= 15 is 0 Å². The molecule has 0 spiro atoms. The van der Waals surface area contributed by atoms with E-state index in [1.54, 1.807) is 6.92 Å². The number of rotatable bonds is 17. The van der Waals surface area contributed by atoms with Crippen LogP contribution in [0.3, 0.4) is 0 Å². The highest BCUT2D eigenvalue weighted by Crippen LogP contribution is 2.43. The molecular formula is C42H63N3O7Si. The number of hydrogen-bond donors (Lipinski definition) is 1. The van der Waals surface area contributed by atoms with Gasteiger partial charge in [0.25, 0.3) is 0 Å². The predicted molar refractivity (Wildman–Crippen MR) is 211 cm³/mol. The van der Waals surface area contributed by atoms with E-state index in [0.717, 1.165) is 30.4 Å². The van der Waals surface area contributed by atoms with E-state index in [-0.39, 0.29) is 36.4 Å². The lowest BCUT2D eigenvalue weighted by Crippen LogP contribution is -2.66. The van der Waals surface area contributed by atoms with Crippen molar-refractivity contribution in [3.05, 3.63) is 71.8 Å². The lowest BCUT2D eigenvalue weighted by atomic mass is 9.88. The monoisotopic (exact) mass is 749 g/mol. The number of amides is 2. The molecule has 10 nitrogen and oxygen atoms in total. The number of nitrogens with zero attached hydrogens (tertiary/aromatic N) is 3. The van der Waals surface area contributed by atoms with Crippen LogP contribution >= 0.6 is 0 Å². The van der Waals surface area contributed by atoms with Gasteiger partial charge in [-0.25, -0.2) is 14.5 Å². The first-order chi connectivity index (χ1) is 25.2. The molecule has 2 aliphatic rings. The number of carbonyl (C=O) groups excluding carboxylic acids is 2. The van der Waals surface area contributed by atoms with Gasteiger partial charge in [0.05, 0.1) is 12.0 Å². The van der Waals surface area contributed by atoms with Crippen LogP contribution in [0.1, 0.15) is 116 Å². The highest BCUT2D eigenvalue weighted by molar-refractivity contribution is 6.74. The average Bonchev–Trinajstić information content (AvgIpc) is 3.52. The number of aliphatic carboxylic acids is 1. The van der Waals surface area contributed by atoms with Crippen molar-refractivity contribution in [3.8, 4) is 0 Å². The number of hydrogen-bond acceptors (Lipinski definition) is 6. The Bertz CT molecular complexity index is 1500.